The maximum Gasteiger partial charge on any atom is 0.192 e. The van der Waals surface area contributed by atoms with Gasteiger partial charge in [0.2, 0.25) is 0 Å². The number of allylic oxidation sites excluding steroid dienone is 1. The van der Waals surface area contributed by atoms with Crippen molar-refractivity contribution in [2.24, 2.45) is 0 Å². The van der Waals surface area contributed by atoms with Gasteiger partial charge in [-0.15, -0.1) is 16.8 Å². The molecule has 1 aromatic carbocycles. The number of hydrogen-bond acceptors (Lipinski definition) is 4. The van der Waals surface area contributed by atoms with Crippen LogP contribution in [0.15, 0.2) is 42.1 Å². The molecule has 0 aliphatic rings. The molecule has 0 spiro atoms. The van der Waals surface area contributed by atoms with Crippen LogP contribution in [0.3, 0.4) is 0 Å². The topological polar surface area (TPSA) is 54.5 Å². The first-order valence-corrected chi connectivity index (χ1v) is 7.64. The van der Waals surface area contributed by atoms with Crippen molar-refractivity contribution < 1.29 is 0 Å². The molecule has 0 aliphatic carbocycles. The van der Waals surface area contributed by atoms with E-state index in [4.69, 9.17) is 0 Å². The van der Waals surface area contributed by atoms with Crippen molar-refractivity contribution in [1.29, 1.82) is 5.26 Å². The fourth-order valence-corrected chi connectivity index (χ4v) is 2.97. The number of aryl methyl sites for hydroxylation is 2. The molecule has 0 N–H and O–H groups in total. The molecule has 0 bridgehead atoms. The van der Waals surface area contributed by atoms with Gasteiger partial charge in [-0.3, -0.25) is 0 Å². The smallest absolute Gasteiger partial charge is 0.192 e. The van der Waals surface area contributed by atoms with Crippen LogP contribution in [0.25, 0.3) is 0 Å². The molecule has 5 heteroatoms. The van der Waals surface area contributed by atoms with Gasteiger partial charge in [0, 0.05) is 6.54 Å². The van der Waals surface area contributed by atoms with Gasteiger partial charge in [0.15, 0.2) is 5.16 Å². The van der Waals surface area contributed by atoms with Crippen molar-refractivity contribution in [1.82, 2.24) is 14.8 Å². The van der Waals surface area contributed by atoms with Crippen LogP contribution >= 0.6 is 11.8 Å². The fraction of sp³-hybridized carbons (Fsp3) is 0.312. The number of aromatic nitrogens is 3. The van der Waals surface area contributed by atoms with Gasteiger partial charge in [0.25, 0.3) is 0 Å². The Balaban J connectivity index is 2.11. The van der Waals surface area contributed by atoms with Gasteiger partial charge in [-0.1, -0.05) is 47.7 Å². The van der Waals surface area contributed by atoms with Crippen LogP contribution in [0.1, 0.15) is 17.0 Å². The lowest BCUT2D eigenvalue weighted by Gasteiger charge is -2.10. The molecule has 2 rings (SSSR count). The Bertz CT molecular complexity index is 652. The van der Waals surface area contributed by atoms with E-state index in [-0.39, 0.29) is 5.25 Å². The Hall–Kier alpha value is -2.06. The molecule has 1 heterocycles. The summed E-state index contributed by atoms with van der Waals surface area (Å²) in [7, 11) is 0. The van der Waals surface area contributed by atoms with Gasteiger partial charge >= 0.3 is 0 Å². The molecular formula is C16H18N4S. The van der Waals surface area contributed by atoms with Gasteiger partial charge in [0.05, 0.1) is 6.07 Å². The fourth-order valence-electron chi connectivity index (χ4n) is 1.97. The van der Waals surface area contributed by atoms with Crippen molar-refractivity contribution in [2.75, 3.05) is 0 Å². The summed E-state index contributed by atoms with van der Waals surface area (Å²) in [5.41, 5.74) is 2.38. The Morgan fingerprint density at radius 3 is 2.67 bits per heavy atom. The minimum Gasteiger partial charge on any atom is -0.302 e. The lowest BCUT2D eigenvalue weighted by Crippen LogP contribution is -2.07. The first-order chi connectivity index (χ1) is 10.1. The van der Waals surface area contributed by atoms with Gasteiger partial charge in [0.1, 0.15) is 11.1 Å². The average Bonchev–Trinajstić information content (AvgIpc) is 2.82. The van der Waals surface area contributed by atoms with E-state index >= 15 is 0 Å². The summed E-state index contributed by atoms with van der Waals surface area (Å²) < 4.78 is 1.97. The second-order valence-electron chi connectivity index (χ2n) is 4.85. The normalized spacial score (nSPS) is 11.9. The molecule has 0 radical (unpaired) electrons. The molecule has 0 fully saturated rings. The van der Waals surface area contributed by atoms with Crippen molar-refractivity contribution in [3.05, 3.63) is 53.9 Å². The van der Waals surface area contributed by atoms with E-state index in [9.17, 15) is 5.26 Å². The molecule has 0 saturated carbocycles. The lowest BCUT2D eigenvalue weighted by atomic mass is 10.1. The molecule has 4 nitrogen and oxygen atoms in total. The second kappa shape index (κ2) is 7.09. The number of rotatable bonds is 6. The van der Waals surface area contributed by atoms with Gasteiger partial charge < -0.3 is 4.57 Å². The summed E-state index contributed by atoms with van der Waals surface area (Å²) >= 11 is 1.46. The number of thioether (sulfide) groups is 1. The quantitative estimate of drug-likeness (QED) is 0.606. The summed E-state index contributed by atoms with van der Waals surface area (Å²) in [6.45, 7) is 8.36. The van der Waals surface area contributed by atoms with E-state index < -0.39 is 0 Å². The zero-order valence-corrected chi connectivity index (χ0v) is 13.1. The van der Waals surface area contributed by atoms with Gasteiger partial charge in [-0.25, -0.2) is 0 Å². The predicted octanol–water partition coefficient (Wildman–Crippen LogP) is 3.31. The molecular weight excluding hydrogens is 280 g/mol. The summed E-state index contributed by atoms with van der Waals surface area (Å²) in [5, 5.41) is 18.2. The molecule has 0 unspecified atom stereocenters. The number of nitriles is 1. The monoisotopic (exact) mass is 298 g/mol. The minimum atomic E-state index is -0.181. The molecule has 1 aromatic heterocycles. The highest BCUT2D eigenvalue weighted by molar-refractivity contribution is 8.00. The molecule has 0 saturated heterocycles. The zero-order chi connectivity index (χ0) is 15.2. The predicted molar refractivity (Wildman–Crippen MR) is 85.1 cm³/mol. The van der Waals surface area contributed by atoms with Crippen molar-refractivity contribution in [2.45, 2.75) is 37.2 Å². The SMILES string of the molecule is C=CCn1c(C)nnc1S[C@@H](C#N)Cc1ccc(C)cc1. The molecule has 1 atom stereocenters. The van der Waals surface area contributed by atoms with E-state index in [0.717, 1.165) is 16.5 Å². The summed E-state index contributed by atoms with van der Waals surface area (Å²) in [6.07, 6.45) is 2.50. The van der Waals surface area contributed by atoms with Crippen LogP contribution in [0, 0.1) is 25.2 Å². The first-order valence-electron chi connectivity index (χ1n) is 6.76. The van der Waals surface area contributed by atoms with Crippen LogP contribution in [-0.2, 0) is 13.0 Å². The third-order valence-corrected chi connectivity index (χ3v) is 4.22. The third kappa shape index (κ3) is 3.96. The third-order valence-electron chi connectivity index (χ3n) is 3.15. The standard InChI is InChI=1S/C16H18N4S/c1-4-9-20-13(3)18-19-16(20)21-15(11-17)10-14-7-5-12(2)6-8-14/h4-8,15H,1,9-10H2,2-3H3/t15-/m1/s1. The van der Waals surface area contributed by atoms with E-state index in [0.29, 0.717) is 13.0 Å². The van der Waals surface area contributed by atoms with E-state index in [1.165, 1.54) is 17.3 Å². The van der Waals surface area contributed by atoms with Crippen LogP contribution in [0.4, 0.5) is 0 Å². The van der Waals surface area contributed by atoms with Crippen LogP contribution < -0.4 is 0 Å². The maximum absolute atomic E-state index is 9.38. The molecule has 2 aromatic rings. The molecule has 0 aliphatic heterocycles. The highest BCUT2D eigenvalue weighted by atomic mass is 32.2. The first kappa shape index (κ1) is 15.3. The minimum absolute atomic E-state index is 0.181. The Kier molecular flexibility index (Phi) is 5.18. The maximum atomic E-state index is 9.38. The molecule has 0 amide bonds. The second-order valence-corrected chi connectivity index (χ2v) is 6.02. The zero-order valence-electron chi connectivity index (χ0n) is 12.3. The summed E-state index contributed by atoms with van der Waals surface area (Å²) in [6, 6.07) is 10.6. The van der Waals surface area contributed by atoms with E-state index in [1.54, 1.807) is 0 Å². The van der Waals surface area contributed by atoms with Gasteiger partial charge in [-0.2, -0.15) is 5.26 Å². The Labute approximate surface area is 129 Å². The van der Waals surface area contributed by atoms with Crippen LogP contribution in [-0.4, -0.2) is 20.0 Å². The van der Waals surface area contributed by atoms with Crippen molar-refractivity contribution >= 4 is 11.8 Å². The van der Waals surface area contributed by atoms with Crippen LogP contribution in [0.5, 0.6) is 0 Å². The van der Waals surface area contributed by atoms with E-state index in [1.807, 2.05) is 17.6 Å². The van der Waals surface area contributed by atoms with Crippen molar-refractivity contribution in [3.63, 3.8) is 0 Å². The molecule has 108 valence electrons. The van der Waals surface area contributed by atoms with Crippen molar-refractivity contribution in [3.8, 4) is 6.07 Å². The van der Waals surface area contributed by atoms with Gasteiger partial charge in [-0.05, 0) is 25.8 Å². The average molecular weight is 298 g/mol. The van der Waals surface area contributed by atoms with E-state index in [2.05, 4.69) is 54.0 Å². The Morgan fingerprint density at radius 2 is 2.05 bits per heavy atom. The lowest BCUT2D eigenvalue weighted by molar-refractivity contribution is 0.702. The number of hydrogen-bond donors (Lipinski definition) is 0. The van der Waals surface area contributed by atoms with Crippen LogP contribution in [0.2, 0.25) is 0 Å². The highest BCUT2D eigenvalue weighted by Gasteiger charge is 2.16. The number of benzene rings is 1. The number of nitrogens with zero attached hydrogens (tertiary/aromatic N) is 4. The summed E-state index contributed by atoms with van der Waals surface area (Å²) in [5.74, 6) is 0.837. The largest absolute Gasteiger partial charge is 0.302 e. The highest BCUT2D eigenvalue weighted by Crippen LogP contribution is 2.25. The Morgan fingerprint density at radius 1 is 1.33 bits per heavy atom. The molecule has 21 heavy (non-hydrogen) atoms. The summed E-state index contributed by atoms with van der Waals surface area (Å²) in [4.78, 5) is 0.